The Morgan fingerprint density at radius 3 is 2.37 bits per heavy atom. The molecule has 2 aromatic rings. The molecule has 7 nitrogen and oxygen atoms in total. The smallest absolute Gasteiger partial charge is 0.258 e. The highest BCUT2D eigenvalue weighted by atomic mass is 35.5. The molecule has 1 atom stereocenters. The number of aliphatic hydroxyl groups excluding tert-OH is 1. The zero-order valence-corrected chi connectivity index (χ0v) is 20.7. The van der Waals surface area contributed by atoms with Gasteiger partial charge >= 0.3 is 0 Å². The van der Waals surface area contributed by atoms with Crippen LogP contribution in [0, 0.1) is 5.82 Å². The monoisotopic (exact) mass is 503 g/mol. The molecule has 188 valence electrons. The number of carbonyl (C=O) groups excluding carboxylic acids is 2. The van der Waals surface area contributed by atoms with Crippen molar-refractivity contribution in [2.24, 2.45) is 0 Å². The number of nitrogens with one attached hydrogen (secondary N) is 2. The summed E-state index contributed by atoms with van der Waals surface area (Å²) in [6.45, 7) is -0.270. The Balaban J connectivity index is 1.30. The van der Waals surface area contributed by atoms with Gasteiger partial charge in [0.1, 0.15) is 11.6 Å². The summed E-state index contributed by atoms with van der Waals surface area (Å²) < 4.78 is 19.0. The average Bonchev–Trinajstić information content (AvgIpc) is 2.81. The fourth-order valence-corrected chi connectivity index (χ4v) is 5.25. The highest BCUT2D eigenvalue weighted by Crippen LogP contribution is 2.47. The van der Waals surface area contributed by atoms with E-state index in [1.165, 1.54) is 12.1 Å². The fourth-order valence-electron chi connectivity index (χ4n) is 5.13. The topological polar surface area (TPSA) is 90.9 Å². The van der Waals surface area contributed by atoms with Gasteiger partial charge < -0.3 is 25.4 Å². The van der Waals surface area contributed by atoms with Gasteiger partial charge in [0, 0.05) is 31.4 Å². The second-order valence-electron chi connectivity index (χ2n) is 9.85. The van der Waals surface area contributed by atoms with Crippen LogP contribution in [0.2, 0.25) is 5.02 Å². The minimum atomic E-state index is -0.767. The van der Waals surface area contributed by atoms with Crippen molar-refractivity contribution in [3.05, 3.63) is 58.9 Å². The highest BCUT2D eigenvalue weighted by molar-refractivity contribution is 6.30. The fraction of sp³-hybridized carbons (Fsp3) is 0.462. The van der Waals surface area contributed by atoms with E-state index in [1.807, 2.05) is 43.3 Å². The molecule has 3 N–H and O–H groups in total. The van der Waals surface area contributed by atoms with Gasteiger partial charge in [-0.25, -0.2) is 4.39 Å². The quantitative estimate of drug-likeness (QED) is 0.514. The highest BCUT2D eigenvalue weighted by Gasteiger charge is 2.55. The first-order valence-electron chi connectivity index (χ1n) is 11.7. The SMILES string of the molecule is CN(C)c1ccc(CC(=O)NC23CCC(NC(=O)COc4ccc(Cl)c(F)c4)(CC2)C[C@@H]3O)cc1. The lowest BCUT2D eigenvalue weighted by molar-refractivity contribution is -0.135. The van der Waals surface area contributed by atoms with Gasteiger partial charge in [0.25, 0.3) is 5.91 Å². The molecule has 9 heteroatoms. The second-order valence-corrected chi connectivity index (χ2v) is 10.3. The number of hydrogen-bond donors (Lipinski definition) is 3. The van der Waals surface area contributed by atoms with Crippen molar-refractivity contribution < 1.29 is 23.8 Å². The van der Waals surface area contributed by atoms with Crippen LogP contribution < -0.4 is 20.3 Å². The molecule has 3 saturated carbocycles. The van der Waals surface area contributed by atoms with Gasteiger partial charge in [-0.15, -0.1) is 0 Å². The Hall–Kier alpha value is -2.84. The zero-order chi connectivity index (χ0) is 25.2. The molecule has 35 heavy (non-hydrogen) atoms. The third-order valence-corrected chi connectivity index (χ3v) is 7.50. The molecular weight excluding hydrogens is 473 g/mol. The van der Waals surface area contributed by atoms with Gasteiger partial charge in [0.2, 0.25) is 5.91 Å². The standard InChI is InChI=1S/C26H31ClFN3O4/c1-31(2)18-5-3-17(4-6-18)13-23(33)30-26-11-9-25(10-12-26,15-22(26)32)29-24(34)16-35-19-7-8-20(27)21(28)14-19/h3-8,14,22,32H,9-13,15-16H2,1-2H3,(H,29,34)(H,30,33)/t22-,25?,26?/m0/s1. The number of carbonyl (C=O) groups is 2. The van der Waals surface area contributed by atoms with Crippen LogP contribution in [0.3, 0.4) is 0 Å². The van der Waals surface area contributed by atoms with Crippen molar-refractivity contribution >= 4 is 29.1 Å². The number of amides is 2. The van der Waals surface area contributed by atoms with Gasteiger partial charge in [0.05, 0.1) is 23.1 Å². The summed E-state index contributed by atoms with van der Waals surface area (Å²) in [5.41, 5.74) is 0.754. The largest absolute Gasteiger partial charge is 0.484 e. The summed E-state index contributed by atoms with van der Waals surface area (Å²) >= 11 is 5.67. The van der Waals surface area contributed by atoms with Crippen molar-refractivity contribution in [2.75, 3.05) is 25.6 Å². The number of nitrogens with zero attached hydrogens (tertiary/aromatic N) is 1. The molecular formula is C26H31ClFN3O4. The maximum atomic E-state index is 13.6. The Morgan fingerprint density at radius 1 is 1.09 bits per heavy atom. The normalized spacial score (nSPS) is 25.1. The number of halogens is 2. The third-order valence-electron chi connectivity index (χ3n) is 7.19. The van der Waals surface area contributed by atoms with E-state index in [4.69, 9.17) is 16.3 Å². The molecule has 2 bridgehead atoms. The number of hydrogen-bond acceptors (Lipinski definition) is 5. The van der Waals surface area contributed by atoms with Crippen molar-refractivity contribution in [3.63, 3.8) is 0 Å². The van der Waals surface area contributed by atoms with Crippen molar-refractivity contribution in [1.29, 1.82) is 0 Å². The molecule has 3 aliphatic rings. The Bertz CT molecular complexity index is 1080. The van der Waals surface area contributed by atoms with Crippen molar-refractivity contribution in [1.82, 2.24) is 10.6 Å². The van der Waals surface area contributed by atoms with Crippen LogP contribution in [0.1, 0.15) is 37.7 Å². The van der Waals surface area contributed by atoms with Crippen LogP contribution in [0.15, 0.2) is 42.5 Å². The van der Waals surface area contributed by atoms with Crippen LogP contribution in [0.25, 0.3) is 0 Å². The van der Waals surface area contributed by atoms with Crippen LogP contribution in [0.5, 0.6) is 5.75 Å². The molecule has 0 heterocycles. The van der Waals surface area contributed by atoms with Crippen molar-refractivity contribution in [2.45, 2.75) is 55.7 Å². The number of anilines is 1. The molecule has 2 amide bonds. The number of fused-ring (bicyclic) bond motifs is 3. The number of benzene rings is 2. The van der Waals surface area contributed by atoms with E-state index in [2.05, 4.69) is 10.6 Å². The van der Waals surface area contributed by atoms with E-state index in [9.17, 15) is 19.1 Å². The number of aliphatic hydroxyl groups is 1. The first kappa shape index (κ1) is 25.3. The van der Waals surface area contributed by atoms with Gasteiger partial charge in [-0.2, -0.15) is 0 Å². The van der Waals surface area contributed by atoms with E-state index in [-0.39, 0.29) is 35.6 Å². The second kappa shape index (κ2) is 10.0. The van der Waals surface area contributed by atoms with E-state index in [0.29, 0.717) is 32.1 Å². The lowest BCUT2D eigenvalue weighted by Crippen LogP contribution is -2.70. The summed E-state index contributed by atoms with van der Waals surface area (Å²) in [4.78, 5) is 27.3. The van der Waals surface area contributed by atoms with Crippen molar-refractivity contribution in [3.8, 4) is 5.75 Å². The van der Waals surface area contributed by atoms with E-state index in [1.54, 1.807) is 0 Å². The minimum Gasteiger partial charge on any atom is -0.484 e. The molecule has 5 rings (SSSR count). The first-order valence-corrected chi connectivity index (χ1v) is 12.1. The molecule has 0 radical (unpaired) electrons. The zero-order valence-electron chi connectivity index (χ0n) is 19.9. The summed E-state index contributed by atoms with van der Waals surface area (Å²) in [6.07, 6.45) is 2.26. The van der Waals surface area contributed by atoms with Gasteiger partial charge in [-0.05, 0) is 61.9 Å². The van der Waals surface area contributed by atoms with Gasteiger partial charge in [-0.3, -0.25) is 9.59 Å². The van der Waals surface area contributed by atoms with Crippen LogP contribution in [0.4, 0.5) is 10.1 Å². The van der Waals surface area contributed by atoms with Gasteiger partial charge in [0.15, 0.2) is 6.61 Å². The minimum absolute atomic E-state index is 0.0168. The maximum Gasteiger partial charge on any atom is 0.258 e. The summed E-state index contributed by atoms with van der Waals surface area (Å²) in [7, 11) is 3.93. The summed E-state index contributed by atoms with van der Waals surface area (Å²) in [5.74, 6) is -0.865. The molecule has 0 saturated heterocycles. The van der Waals surface area contributed by atoms with Crippen LogP contribution in [-0.2, 0) is 16.0 Å². The van der Waals surface area contributed by atoms with E-state index >= 15 is 0 Å². The van der Waals surface area contributed by atoms with E-state index in [0.717, 1.165) is 17.3 Å². The lowest BCUT2D eigenvalue weighted by Gasteiger charge is -2.56. The summed E-state index contributed by atoms with van der Waals surface area (Å²) in [6, 6.07) is 11.8. The predicted molar refractivity (Wildman–Crippen MR) is 132 cm³/mol. The predicted octanol–water partition coefficient (Wildman–Crippen LogP) is 3.22. The lowest BCUT2D eigenvalue weighted by atomic mass is 9.60. The number of ether oxygens (including phenoxy) is 1. The van der Waals surface area contributed by atoms with Crippen LogP contribution in [-0.4, -0.2) is 54.8 Å². The Kier molecular flexibility index (Phi) is 7.24. The Morgan fingerprint density at radius 2 is 1.77 bits per heavy atom. The summed E-state index contributed by atoms with van der Waals surface area (Å²) in [5, 5.41) is 17.0. The molecule has 0 unspecified atom stereocenters. The molecule has 0 spiro atoms. The Labute approximate surface area is 209 Å². The number of rotatable bonds is 8. The molecule has 2 aromatic carbocycles. The first-order chi connectivity index (χ1) is 16.6. The van der Waals surface area contributed by atoms with E-state index < -0.39 is 23.0 Å². The van der Waals surface area contributed by atoms with Gasteiger partial charge in [-0.1, -0.05) is 23.7 Å². The molecule has 0 aromatic heterocycles. The average molecular weight is 504 g/mol. The van der Waals surface area contributed by atoms with Crippen LogP contribution >= 0.6 is 11.6 Å². The molecule has 3 aliphatic carbocycles. The molecule has 3 fully saturated rings. The maximum absolute atomic E-state index is 13.6. The molecule has 0 aliphatic heterocycles. The third kappa shape index (κ3) is 5.70.